The zero-order chi connectivity index (χ0) is 18.1. The predicted octanol–water partition coefficient (Wildman–Crippen LogP) is 3.27. The van der Waals surface area contributed by atoms with Gasteiger partial charge in [-0.2, -0.15) is 0 Å². The summed E-state index contributed by atoms with van der Waals surface area (Å²) in [5, 5.41) is 5.53. The van der Waals surface area contributed by atoms with Crippen LogP contribution in [-0.2, 0) is 13.0 Å². The van der Waals surface area contributed by atoms with Gasteiger partial charge in [0, 0.05) is 13.1 Å². The number of rotatable bonds is 8. The van der Waals surface area contributed by atoms with Gasteiger partial charge in [0.25, 0.3) is 0 Å². The van der Waals surface area contributed by atoms with E-state index in [1.54, 1.807) is 19.2 Å². The lowest BCUT2D eigenvalue weighted by atomic mass is 10.1. The van der Waals surface area contributed by atoms with Gasteiger partial charge in [-0.05, 0) is 48.7 Å². The minimum atomic E-state index is -0.293. The number of ether oxygens (including phenoxy) is 2. The Morgan fingerprint density at radius 3 is 2.44 bits per heavy atom. The Labute approximate surface area is 147 Å². The summed E-state index contributed by atoms with van der Waals surface area (Å²) in [7, 11) is 1.60. The molecule has 0 aliphatic rings. The number of halogens is 1. The second kappa shape index (κ2) is 9.52. The molecule has 0 unspecified atom stereocenters. The minimum Gasteiger partial charge on any atom is -0.493 e. The van der Waals surface area contributed by atoms with E-state index >= 15 is 0 Å². The molecule has 0 aromatic heterocycles. The molecule has 0 aliphatic carbocycles. The molecule has 0 saturated carbocycles. The van der Waals surface area contributed by atoms with Crippen LogP contribution >= 0.6 is 0 Å². The van der Waals surface area contributed by atoms with Crippen molar-refractivity contribution < 1.29 is 18.7 Å². The molecule has 0 atom stereocenters. The van der Waals surface area contributed by atoms with Crippen molar-refractivity contribution in [2.45, 2.75) is 19.9 Å². The molecule has 0 fully saturated rings. The molecule has 2 rings (SSSR count). The average Bonchev–Trinajstić information content (AvgIpc) is 2.62. The first-order valence-electron chi connectivity index (χ1n) is 8.18. The zero-order valence-electron chi connectivity index (χ0n) is 14.5. The highest BCUT2D eigenvalue weighted by molar-refractivity contribution is 5.73. The molecule has 25 heavy (non-hydrogen) atoms. The van der Waals surface area contributed by atoms with Crippen LogP contribution in [0.3, 0.4) is 0 Å². The van der Waals surface area contributed by atoms with E-state index in [0.717, 1.165) is 11.1 Å². The van der Waals surface area contributed by atoms with Gasteiger partial charge >= 0.3 is 6.03 Å². The van der Waals surface area contributed by atoms with Gasteiger partial charge in [0.1, 0.15) is 5.82 Å². The maximum Gasteiger partial charge on any atom is 0.315 e. The number of urea groups is 1. The molecule has 5 nitrogen and oxygen atoms in total. The summed E-state index contributed by atoms with van der Waals surface area (Å²) in [6.07, 6.45) is 0.673. The Hall–Kier alpha value is -2.76. The minimum absolute atomic E-state index is 0.262. The summed E-state index contributed by atoms with van der Waals surface area (Å²) in [5.41, 5.74) is 1.88. The summed E-state index contributed by atoms with van der Waals surface area (Å²) in [6.45, 7) is 3.34. The van der Waals surface area contributed by atoms with Gasteiger partial charge in [0.15, 0.2) is 11.5 Å². The van der Waals surface area contributed by atoms with E-state index in [9.17, 15) is 9.18 Å². The highest BCUT2D eigenvalue weighted by Crippen LogP contribution is 2.28. The maximum atomic E-state index is 12.8. The lowest BCUT2D eigenvalue weighted by molar-refractivity contribution is 0.240. The Bertz CT molecular complexity index is 690. The monoisotopic (exact) mass is 346 g/mol. The van der Waals surface area contributed by atoms with Crippen molar-refractivity contribution in [2.24, 2.45) is 0 Å². The fourth-order valence-electron chi connectivity index (χ4n) is 2.31. The summed E-state index contributed by atoms with van der Waals surface area (Å²) >= 11 is 0. The molecule has 2 aromatic rings. The Balaban J connectivity index is 1.76. The number of benzene rings is 2. The van der Waals surface area contributed by atoms with Crippen LogP contribution in [-0.4, -0.2) is 26.3 Å². The van der Waals surface area contributed by atoms with Crippen molar-refractivity contribution in [1.29, 1.82) is 0 Å². The third kappa shape index (κ3) is 5.99. The van der Waals surface area contributed by atoms with Crippen LogP contribution in [0.5, 0.6) is 11.5 Å². The van der Waals surface area contributed by atoms with Crippen molar-refractivity contribution in [3.05, 3.63) is 59.4 Å². The van der Waals surface area contributed by atoms with E-state index in [-0.39, 0.29) is 11.8 Å². The number of carbonyl (C=O) groups excluding carboxylic acids is 1. The van der Waals surface area contributed by atoms with Crippen LogP contribution in [0.15, 0.2) is 42.5 Å². The lowest BCUT2D eigenvalue weighted by Crippen LogP contribution is -2.36. The fraction of sp³-hybridized carbons (Fsp3) is 0.316. The van der Waals surface area contributed by atoms with Gasteiger partial charge in [0.05, 0.1) is 13.7 Å². The van der Waals surface area contributed by atoms with Crippen molar-refractivity contribution in [1.82, 2.24) is 10.6 Å². The van der Waals surface area contributed by atoms with E-state index in [2.05, 4.69) is 10.6 Å². The molecule has 0 saturated heterocycles. The molecule has 2 aromatic carbocycles. The first kappa shape index (κ1) is 18.6. The zero-order valence-corrected chi connectivity index (χ0v) is 14.5. The third-order valence-corrected chi connectivity index (χ3v) is 3.59. The van der Waals surface area contributed by atoms with Crippen molar-refractivity contribution in [2.75, 3.05) is 20.3 Å². The maximum absolute atomic E-state index is 12.8. The van der Waals surface area contributed by atoms with E-state index in [1.165, 1.54) is 12.1 Å². The number of methoxy groups -OCH3 is 1. The lowest BCUT2D eigenvalue weighted by Gasteiger charge is -2.11. The van der Waals surface area contributed by atoms with Crippen LogP contribution < -0.4 is 20.1 Å². The van der Waals surface area contributed by atoms with Crippen LogP contribution in [0.25, 0.3) is 0 Å². The number of nitrogens with one attached hydrogen (secondary N) is 2. The van der Waals surface area contributed by atoms with Crippen LogP contribution in [0.1, 0.15) is 18.1 Å². The molecule has 0 spiro atoms. The van der Waals surface area contributed by atoms with Crippen molar-refractivity contribution in [3.8, 4) is 11.5 Å². The SMILES string of the molecule is CCOc1ccc(CCNC(=O)NCc2ccc(F)cc2)cc1OC. The molecule has 2 amide bonds. The quantitative estimate of drug-likeness (QED) is 0.771. The van der Waals surface area contributed by atoms with E-state index in [4.69, 9.17) is 9.47 Å². The molecule has 0 radical (unpaired) electrons. The largest absolute Gasteiger partial charge is 0.493 e. The number of amides is 2. The Morgan fingerprint density at radius 1 is 1.04 bits per heavy atom. The van der Waals surface area contributed by atoms with Gasteiger partial charge < -0.3 is 20.1 Å². The summed E-state index contributed by atoms with van der Waals surface area (Å²) in [6, 6.07) is 11.5. The summed E-state index contributed by atoms with van der Waals surface area (Å²) in [5.74, 6) is 1.10. The summed E-state index contributed by atoms with van der Waals surface area (Å²) < 4.78 is 23.6. The Morgan fingerprint density at radius 2 is 1.76 bits per heavy atom. The van der Waals surface area contributed by atoms with E-state index in [0.29, 0.717) is 37.6 Å². The molecule has 0 aliphatic heterocycles. The number of hydrogen-bond donors (Lipinski definition) is 2. The van der Waals surface area contributed by atoms with Crippen molar-refractivity contribution >= 4 is 6.03 Å². The number of carbonyl (C=O) groups is 1. The van der Waals surface area contributed by atoms with Gasteiger partial charge in [0.2, 0.25) is 0 Å². The highest BCUT2D eigenvalue weighted by Gasteiger charge is 2.06. The summed E-state index contributed by atoms with van der Waals surface area (Å²) in [4.78, 5) is 11.8. The topological polar surface area (TPSA) is 59.6 Å². The van der Waals surface area contributed by atoms with Gasteiger partial charge in [-0.1, -0.05) is 18.2 Å². The van der Waals surface area contributed by atoms with E-state index in [1.807, 2.05) is 25.1 Å². The van der Waals surface area contributed by atoms with Gasteiger partial charge in [-0.15, -0.1) is 0 Å². The first-order chi connectivity index (χ1) is 12.1. The molecule has 134 valence electrons. The molecular formula is C19H23FN2O3. The molecule has 6 heteroatoms. The fourth-order valence-corrected chi connectivity index (χ4v) is 2.31. The smallest absolute Gasteiger partial charge is 0.315 e. The standard InChI is InChI=1S/C19H23FN2O3/c1-3-25-17-9-6-14(12-18(17)24-2)10-11-21-19(23)22-13-15-4-7-16(20)8-5-15/h4-9,12H,3,10-11,13H2,1-2H3,(H2,21,22,23). The molecule has 0 heterocycles. The predicted molar refractivity (Wildman–Crippen MR) is 94.5 cm³/mol. The molecule has 0 bridgehead atoms. The first-order valence-corrected chi connectivity index (χ1v) is 8.18. The third-order valence-electron chi connectivity index (χ3n) is 3.59. The van der Waals surface area contributed by atoms with Gasteiger partial charge in [-0.25, -0.2) is 9.18 Å². The highest BCUT2D eigenvalue weighted by atomic mass is 19.1. The average molecular weight is 346 g/mol. The molecule has 2 N–H and O–H groups in total. The van der Waals surface area contributed by atoms with E-state index < -0.39 is 0 Å². The second-order valence-corrected chi connectivity index (χ2v) is 5.40. The van der Waals surface area contributed by atoms with Crippen LogP contribution in [0.4, 0.5) is 9.18 Å². The van der Waals surface area contributed by atoms with Gasteiger partial charge in [-0.3, -0.25) is 0 Å². The molecular weight excluding hydrogens is 323 g/mol. The normalized spacial score (nSPS) is 10.2. The number of hydrogen-bond acceptors (Lipinski definition) is 3. The van der Waals surface area contributed by atoms with Crippen LogP contribution in [0, 0.1) is 5.82 Å². The second-order valence-electron chi connectivity index (χ2n) is 5.40. The van der Waals surface area contributed by atoms with Crippen molar-refractivity contribution in [3.63, 3.8) is 0 Å². The van der Waals surface area contributed by atoms with Crippen LogP contribution in [0.2, 0.25) is 0 Å². The Kier molecular flexibility index (Phi) is 7.07.